The molecular formula is C3ClF8NS. The molecule has 14 heavy (non-hydrogen) atoms. The van der Waals surface area contributed by atoms with E-state index in [1.54, 1.807) is 0 Å². The first-order valence-electron chi connectivity index (χ1n) is 2.54. The highest BCUT2D eigenvalue weighted by Gasteiger charge is 2.71. The minimum Gasteiger partial charge on any atom is -0.206 e. The molecule has 0 spiro atoms. The first kappa shape index (κ1) is 13.9. The fourth-order valence-corrected chi connectivity index (χ4v) is 0.706. The fraction of sp³-hybridized carbons (Fsp3) is 1.00. The van der Waals surface area contributed by atoms with Crippen molar-refractivity contribution >= 4 is 23.1 Å². The second-order valence-electron chi connectivity index (χ2n) is 1.90. The molecule has 0 aromatic rings. The summed E-state index contributed by atoms with van der Waals surface area (Å²) in [6.45, 7) is 0. The van der Waals surface area contributed by atoms with Crippen molar-refractivity contribution in [2.45, 2.75) is 17.4 Å². The van der Waals surface area contributed by atoms with E-state index in [1.165, 1.54) is 0 Å². The molecule has 1 unspecified atom stereocenters. The summed E-state index contributed by atoms with van der Waals surface area (Å²) in [6.07, 6.45) is -6.21. The molecule has 0 saturated carbocycles. The molecule has 0 saturated heterocycles. The van der Waals surface area contributed by atoms with Crippen LogP contribution in [-0.2, 0) is 11.5 Å². The van der Waals surface area contributed by atoms with Gasteiger partial charge in [0, 0.05) is 0 Å². The van der Waals surface area contributed by atoms with Gasteiger partial charge in [0.25, 0.3) is 11.5 Å². The third kappa shape index (κ3) is 2.69. The zero-order valence-electron chi connectivity index (χ0n) is 5.76. The van der Waals surface area contributed by atoms with Crippen LogP contribution in [-0.4, -0.2) is 17.4 Å². The zero-order valence-corrected chi connectivity index (χ0v) is 7.33. The van der Waals surface area contributed by atoms with E-state index < -0.39 is 28.8 Å². The van der Waals surface area contributed by atoms with Crippen LogP contribution in [0.5, 0.6) is 0 Å². The summed E-state index contributed by atoms with van der Waals surface area (Å²) in [5.74, 6) is 0. The van der Waals surface area contributed by atoms with Crippen molar-refractivity contribution in [3.05, 3.63) is 0 Å². The fourth-order valence-electron chi connectivity index (χ4n) is 0.315. The first-order chi connectivity index (χ1) is 5.92. The van der Waals surface area contributed by atoms with Crippen LogP contribution in [0.3, 0.4) is 0 Å². The molecule has 0 radical (unpaired) electrons. The number of hydrogen-bond donors (Lipinski definition) is 0. The van der Waals surface area contributed by atoms with Crippen molar-refractivity contribution in [3.63, 3.8) is 0 Å². The topological polar surface area (TPSA) is 12.4 Å². The molecule has 0 aliphatic heterocycles. The van der Waals surface area contributed by atoms with Crippen molar-refractivity contribution in [2.75, 3.05) is 0 Å². The Bertz CT molecular complexity index is 241. The van der Waals surface area contributed by atoms with Gasteiger partial charge in [-0.25, -0.2) is 4.39 Å². The van der Waals surface area contributed by atoms with Gasteiger partial charge in [0.2, 0.25) is 0 Å². The lowest BCUT2D eigenvalue weighted by Crippen LogP contribution is -2.49. The number of hydrogen-bond acceptors (Lipinski definition) is 1. The molecule has 0 aliphatic rings. The minimum atomic E-state index is -6.21. The Hall–Kier alpha value is -0.120. The highest BCUT2D eigenvalue weighted by atomic mass is 35.5. The van der Waals surface area contributed by atoms with Crippen LogP contribution < -0.4 is 0 Å². The van der Waals surface area contributed by atoms with Gasteiger partial charge >= 0.3 is 17.4 Å². The molecule has 0 aliphatic carbocycles. The maximum absolute atomic E-state index is 12.2. The molecule has 0 heterocycles. The Morgan fingerprint density at radius 3 is 1.50 bits per heavy atom. The monoisotopic (exact) mass is 269 g/mol. The highest BCUT2D eigenvalue weighted by molar-refractivity contribution is 7.76. The van der Waals surface area contributed by atoms with Crippen LogP contribution in [0, 0.1) is 0 Å². The Morgan fingerprint density at radius 1 is 0.929 bits per heavy atom. The van der Waals surface area contributed by atoms with Gasteiger partial charge in [0.05, 0.1) is 0 Å². The number of halogens is 9. The van der Waals surface area contributed by atoms with Gasteiger partial charge < -0.3 is 0 Å². The lowest BCUT2D eigenvalue weighted by Gasteiger charge is -2.25. The average molecular weight is 270 g/mol. The second kappa shape index (κ2) is 3.80. The summed E-state index contributed by atoms with van der Waals surface area (Å²) < 4.78 is 94.3. The third-order valence-corrected chi connectivity index (χ3v) is 1.73. The van der Waals surface area contributed by atoms with Crippen LogP contribution in [0.4, 0.5) is 34.1 Å². The van der Waals surface area contributed by atoms with Crippen molar-refractivity contribution < 1.29 is 34.1 Å². The molecule has 0 rings (SSSR count). The summed E-state index contributed by atoms with van der Waals surface area (Å²) in [4.78, 5) is 0. The Balaban J connectivity index is 5.18. The minimum absolute atomic E-state index is 0.982. The van der Waals surface area contributed by atoms with E-state index in [0.717, 1.165) is 4.36 Å². The molecule has 0 amide bonds. The molecule has 1 nitrogen and oxygen atoms in total. The summed E-state index contributed by atoms with van der Waals surface area (Å²) in [5.41, 5.74) is 0. The number of rotatable bonds is 2. The lowest BCUT2D eigenvalue weighted by molar-refractivity contribution is -0.262. The Kier molecular flexibility index (Phi) is 3.76. The summed E-state index contributed by atoms with van der Waals surface area (Å²) >= 11 is -0.632. The zero-order chi connectivity index (χ0) is 11.8. The van der Waals surface area contributed by atoms with E-state index in [1.807, 2.05) is 0 Å². The number of nitrogens with zero attached hydrogens (tertiary/aromatic N) is 1. The normalized spacial score (nSPS) is 18.1. The molecule has 11 heteroatoms. The van der Waals surface area contributed by atoms with Crippen LogP contribution in [0.15, 0.2) is 4.36 Å². The van der Waals surface area contributed by atoms with Gasteiger partial charge in [-0.15, -0.1) is 12.1 Å². The highest BCUT2D eigenvalue weighted by Crippen LogP contribution is 2.49. The van der Waals surface area contributed by atoms with E-state index in [2.05, 4.69) is 11.6 Å². The van der Waals surface area contributed by atoms with Gasteiger partial charge in [-0.05, 0) is 0 Å². The van der Waals surface area contributed by atoms with E-state index >= 15 is 0 Å². The number of alkyl halides is 7. The van der Waals surface area contributed by atoms with E-state index in [9.17, 15) is 34.1 Å². The predicted octanol–water partition coefficient (Wildman–Crippen LogP) is 3.62. The maximum atomic E-state index is 12.2. The van der Waals surface area contributed by atoms with E-state index in [-0.39, 0.29) is 0 Å². The Morgan fingerprint density at radius 2 is 1.29 bits per heavy atom. The predicted molar refractivity (Wildman–Crippen MR) is 32.7 cm³/mol. The van der Waals surface area contributed by atoms with Crippen LogP contribution in [0.25, 0.3) is 0 Å². The van der Waals surface area contributed by atoms with Crippen LogP contribution in [0.2, 0.25) is 0 Å². The molecule has 0 N–H and O–H groups in total. The van der Waals surface area contributed by atoms with Gasteiger partial charge in [-0.1, -0.05) is 11.6 Å². The molecule has 0 aromatic carbocycles. The molecule has 86 valence electrons. The molecule has 0 fully saturated rings. The van der Waals surface area contributed by atoms with Gasteiger partial charge in [-0.2, -0.15) is 22.0 Å². The standard InChI is InChI=1S/C3ClF8NS/c4-1(5,2(6,7)8)3(9,10)13-14(11)12. The van der Waals surface area contributed by atoms with Crippen molar-refractivity contribution in [1.82, 2.24) is 0 Å². The largest absolute Gasteiger partial charge is 0.445 e. The lowest BCUT2D eigenvalue weighted by atomic mass is 10.3. The molecule has 0 bridgehead atoms. The summed E-state index contributed by atoms with van der Waals surface area (Å²) in [5, 5.41) is -5.64. The van der Waals surface area contributed by atoms with Gasteiger partial charge in [0.15, 0.2) is 0 Å². The van der Waals surface area contributed by atoms with Gasteiger partial charge in [-0.3, -0.25) is 0 Å². The SMILES string of the molecule is FS(F)=NC(F)(F)C(F)(Cl)C(F)(F)F. The smallest absolute Gasteiger partial charge is 0.206 e. The van der Waals surface area contributed by atoms with E-state index in [4.69, 9.17) is 0 Å². The summed E-state index contributed by atoms with van der Waals surface area (Å²) in [7, 11) is 0. The molecular weight excluding hydrogens is 270 g/mol. The Labute approximate surface area is 79.7 Å². The van der Waals surface area contributed by atoms with Crippen molar-refractivity contribution in [1.29, 1.82) is 0 Å². The van der Waals surface area contributed by atoms with Crippen molar-refractivity contribution in [3.8, 4) is 0 Å². The van der Waals surface area contributed by atoms with Crippen LogP contribution >= 0.6 is 11.6 Å². The maximum Gasteiger partial charge on any atom is 0.445 e. The average Bonchev–Trinajstić information content (AvgIpc) is 1.80. The summed E-state index contributed by atoms with van der Waals surface area (Å²) in [6, 6.07) is -5.74. The second-order valence-corrected chi connectivity index (χ2v) is 3.00. The van der Waals surface area contributed by atoms with Gasteiger partial charge in [0.1, 0.15) is 0 Å². The molecule has 0 aromatic heterocycles. The third-order valence-electron chi connectivity index (χ3n) is 0.917. The molecule has 1 atom stereocenters. The van der Waals surface area contributed by atoms with E-state index in [0.29, 0.717) is 0 Å². The quantitative estimate of drug-likeness (QED) is 0.412. The van der Waals surface area contributed by atoms with Crippen molar-refractivity contribution in [2.24, 2.45) is 4.36 Å². The van der Waals surface area contributed by atoms with Crippen LogP contribution in [0.1, 0.15) is 0 Å². The first-order valence-corrected chi connectivity index (χ1v) is 3.90.